The van der Waals surface area contributed by atoms with Gasteiger partial charge in [-0.05, 0) is 37.7 Å². The Kier molecular flexibility index (Phi) is 6.34. The van der Waals surface area contributed by atoms with Gasteiger partial charge in [-0.2, -0.15) is 0 Å². The zero-order valence-electron chi connectivity index (χ0n) is 13.0. The summed E-state index contributed by atoms with van der Waals surface area (Å²) in [5.74, 6) is 0.312. The lowest BCUT2D eigenvalue weighted by Crippen LogP contribution is -2.38. The zero-order valence-corrected chi connectivity index (χ0v) is 13.0. The number of benzene rings is 1. The van der Waals surface area contributed by atoms with Crippen molar-refractivity contribution in [1.82, 2.24) is 5.32 Å². The number of nitro benzene ring substituents is 1. The Labute approximate surface area is 135 Å². The van der Waals surface area contributed by atoms with Crippen molar-refractivity contribution in [3.63, 3.8) is 0 Å². The molecule has 7 nitrogen and oxygen atoms in total. The third-order valence-electron chi connectivity index (χ3n) is 4.24. The highest BCUT2D eigenvalue weighted by molar-refractivity contribution is 5.77. The van der Waals surface area contributed by atoms with Crippen molar-refractivity contribution in [3.05, 3.63) is 34.4 Å². The summed E-state index contributed by atoms with van der Waals surface area (Å²) >= 11 is 0. The fourth-order valence-electron chi connectivity index (χ4n) is 2.88. The van der Waals surface area contributed by atoms with E-state index in [1.165, 1.54) is 6.07 Å². The Balaban J connectivity index is 1.72. The molecule has 0 spiro atoms. The fourth-order valence-corrected chi connectivity index (χ4v) is 2.88. The summed E-state index contributed by atoms with van der Waals surface area (Å²) in [6.45, 7) is 0.573. The number of amides is 1. The van der Waals surface area contributed by atoms with Crippen LogP contribution in [0.3, 0.4) is 0 Å². The lowest BCUT2D eigenvalue weighted by atomic mass is 9.86. The summed E-state index contributed by atoms with van der Waals surface area (Å²) in [7, 11) is 0. The number of nitrogens with one attached hydrogen (secondary N) is 2. The van der Waals surface area contributed by atoms with Crippen LogP contribution in [0.25, 0.3) is 0 Å². The number of hydrogen-bond acceptors (Lipinski definition) is 5. The zero-order chi connectivity index (χ0) is 16.7. The van der Waals surface area contributed by atoms with E-state index in [4.69, 9.17) is 5.11 Å². The SMILES string of the molecule is O=C(CCNc1ccccc1[N+](=O)[O-])NC1CCC(CO)CC1. The molecule has 0 bridgehead atoms. The average molecular weight is 321 g/mol. The van der Waals surface area contributed by atoms with Gasteiger partial charge in [0.05, 0.1) is 4.92 Å². The number of para-hydroxylation sites is 2. The minimum absolute atomic E-state index is 0.00948. The number of aliphatic hydroxyl groups is 1. The number of carbonyl (C=O) groups excluding carboxylic acids is 1. The first kappa shape index (κ1) is 17.2. The van der Waals surface area contributed by atoms with E-state index in [1.807, 2.05) is 0 Å². The Bertz CT molecular complexity index is 542. The third kappa shape index (κ3) is 5.21. The minimum Gasteiger partial charge on any atom is -0.396 e. The summed E-state index contributed by atoms with van der Waals surface area (Å²) in [5, 5.41) is 25.9. The van der Waals surface area contributed by atoms with Gasteiger partial charge in [0.2, 0.25) is 5.91 Å². The second-order valence-electron chi connectivity index (χ2n) is 5.92. The highest BCUT2D eigenvalue weighted by atomic mass is 16.6. The predicted molar refractivity (Wildman–Crippen MR) is 87.2 cm³/mol. The number of anilines is 1. The smallest absolute Gasteiger partial charge is 0.292 e. The van der Waals surface area contributed by atoms with Crippen molar-refractivity contribution in [2.45, 2.75) is 38.1 Å². The van der Waals surface area contributed by atoms with Gasteiger partial charge in [-0.15, -0.1) is 0 Å². The van der Waals surface area contributed by atoms with E-state index in [0.29, 0.717) is 18.2 Å². The van der Waals surface area contributed by atoms with Crippen LogP contribution < -0.4 is 10.6 Å². The molecule has 0 unspecified atom stereocenters. The van der Waals surface area contributed by atoms with Crippen LogP contribution in [0.2, 0.25) is 0 Å². The number of carbonyl (C=O) groups is 1. The molecule has 7 heteroatoms. The first-order valence-electron chi connectivity index (χ1n) is 7.97. The number of rotatable bonds is 7. The van der Waals surface area contributed by atoms with E-state index in [0.717, 1.165) is 25.7 Å². The molecule has 1 aromatic rings. The molecule has 1 fully saturated rings. The number of nitro groups is 1. The van der Waals surface area contributed by atoms with Crippen LogP contribution in [0.1, 0.15) is 32.1 Å². The Morgan fingerprint density at radius 3 is 2.61 bits per heavy atom. The summed E-state index contributed by atoms with van der Waals surface area (Å²) in [6.07, 6.45) is 3.95. The first-order chi connectivity index (χ1) is 11.1. The summed E-state index contributed by atoms with van der Waals surface area (Å²) in [6, 6.07) is 6.57. The van der Waals surface area contributed by atoms with Crippen LogP contribution in [0, 0.1) is 16.0 Å². The molecule has 0 heterocycles. The van der Waals surface area contributed by atoms with Crippen LogP contribution in [0.15, 0.2) is 24.3 Å². The minimum atomic E-state index is -0.442. The van der Waals surface area contributed by atoms with Crippen molar-refractivity contribution in [1.29, 1.82) is 0 Å². The van der Waals surface area contributed by atoms with Crippen LogP contribution in [0.5, 0.6) is 0 Å². The molecule has 0 atom stereocenters. The van der Waals surface area contributed by atoms with Crippen molar-refractivity contribution >= 4 is 17.3 Å². The van der Waals surface area contributed by atoms with Crippen LogP contribution in [-0.4, -0.2) is 35.1 Å². The number of hydrogen-bond donors (Lipinski definition) is 3. The van der Waals surface area contributed by atoms with Gasteiger partial charge in [-0.1, -0.05) is 12.1 Å². The molecule has 126 valence electrons. The van der Waals surface area contributed by atoms with Gasteiger partial charge in [-0.3, -0.25) is 14.9 Å². The van der Waals surface area contributed by atoms with Crippen molar-refractivity contribution in [2.75, 3.05) is 18.5 Å². The lowest BCUT2D eigenvalue weighted by molar-refractivity contribution is -0.384. The maximum Gasteiger partial charge on any atom is 0.292 e. The van der Waals surface area contributed by atoms with Gasteiger partial charge in [0.1, 0.15) is 5.69 Å². The van der Waals surface area contributed by atoms with Gasteiger partial charge in [0, 0.05) is 31.7 Å². The van der Waals surface area contributed by atoms with E-state index in [9.17, 15) is 14.9 Å². The molecule has 0 aromatic heterocycles. The van der Waals surface area contributed by atoms with Gasteiger partial charge < -0.3 is 15.7 Å². The molecular weight excluding hydrogens is 298 g/mol. The molecule has 23 heavy (non-hydrogen) atoms. The van der Waals surface area contributed by atoms with E-state index in [2.05, 4.69) is 10.6 Å². The van der Waals surface area contributed by atoms with Gasteiger partial charge in [0.25, 0.3) is 5.69 Å². The molecule has 1 saturated carbocycles. The molecule has 1 aromatic carbocycles. The summed E-state index contributed by atoms with van der Waals surface area (Å²) in [5.41, 5.74) is 0.434. The first-order valence-corrected chi connectivity index (χ1v) is 7.97. The maximum atomic E-state index is 11.9. The van der Waals surface area contributed by atoms with E-state index >= 15 is 0 Å². The molecule has 1 amide bonds. The van der Waals surface area contributed by atoms with Gasteiger partial charge >= 0.3 is 0 Å². The summed E-state index contributed by atoms with van der Waals surface area (Å²) < 4.78 is 0. The van der Waals surface area contributed by atoms with Gasteiger partial charge in [-0.25, -0.2) is 0 Å². The van der Waals surface area contributed by atoms with E-state index in [-0.39, 0.29) is 30.7 Å². The van der Waals surface area contributed by atoms with Crippen molar-refractivity contribution < 1.29 is 14.8 Å². The van der Waals surface area contributed by atoms with Crippen LogP contribution in [-0.2, 0) is 4.79 Å². The molecule has 0 aliphatic heterocycles. The van der Waals surface area contributed by atoms with E-state index < -0.39 is 4.92 Å². The quantitative estimate of drug-likeness (QED) is 0.527. The van der Waals surface area contributed by atoms with Crippen molar-refractivity contribution in [2.24, 2.45) is 5.92 Å². The lowest BCUT2D eigenvalue weighted by Gasteiger charge is -2.28. The highest BCUT2D eigenvalue weighted by Gasteiger charge is 2.21. The van der Waals surface area contributed by atoms with Crippen LogP contribution in [0.4, 0.5) is 11.4 Å². The predicted octanol–water partition coefficient (Wildman–Crippen LogP) is 2.06. The molecule has 3 N–H and O–H groups in total. The Morgan fingerprint density at radius 1 is 1.26 bits per heavy atom. The molecule has 0 radical (unpaired) electrons. The molecule has 1 aliphatic carbocycles. The molecular formula is C16H23N3O4. The van der Waals surface area contributed by atoms with E-state index in [1.54, 1.807) is 18.2 Å². The normalized spacial score (nSPS) is 20.7. The highest BCUT2D eigenvalue weighted by Crippen LogP contribution is 2.24. The second kappa shape index (κ2) is 8.47. The second-order valence-corrected chi connectivity index (χ2v) is 5.92. The Hall–Kier alpha value is -2.15. The van der Waals surface area contributed by atoms with Crippen molar-refractivity contribution in [3.8, 4) is 0 Å². The molecule has 2 rings (SSSR count). The third-order valence-corrected chi connectivity index (χ3v) is 4.24. The largest absolute Gasteiger partial charge is 0.396 e. The van der Waals surface area contributed by atoms with Gasteiger partial charge in [0.15, 0.2) is 0 Å². The average Bonchev–Trinajstić information content (AvgIpc) is 2.56. The number of nitrogens with zero attached hydrogens (tertiary/aromatic N) is 1. The molecule has 0 saturated heterocycles. The maximum absolute atomic E-state index is 11.9. The number of aliphatic hydroxyl groups excluding tert-OH is 1. The fraction of sp³-hybridized carbons (Fsp3) is 0.562. The molecule has 1 aliphatic rings. The standard InChI is InChI=1S/C16H23N3O4/c20-11-12-5-7-13(8-6-12)18-16(21)9-10-17-14-3-1-2-4-15(14)19(22)23/h1-4,12-13,17,20H,5-11H2,(H,18,21). The summed E-state index contributed by atoms with van der Waals surface area (Å²) in [4.78, 5) is 22.4. The Morgan fingerprint density at radius 2 is 1.96 bits per heavy atom. The van der Waals surface area contributed by atoms with Crippen LogP contribution >= 0.6 is 0 Å². The monoisotopic (exact) mass is 321 g/mol. The topological polar surface area (TPSA) is 104 Å².